The predicted octanol–water partition coefficient (Wildman–Crippen LogP) is 5.61. The van der Waals surface area contributed by atoms with E-state index in [9.17, 15) is 20.3 Å². The van der Waals surface area contributed by atoms with Crippen LogP contribution in [0.2, 0.25) is 5.02 Å². The van der Waals surface area contributed by atoms with Gasteiger partial charge in [-0.2, -0.15) is 5.26 Å². The summed E-state index contributed by atoms with van der Waals surface area (Å²) >= 11 is 6.62. The Kier molecular flexibility index (Phi) is 12.5. The van der Waals surface area contributed by atoms with Crippen molar-refractivity contribution in [1.29, 1.82) is 5.26 Å². The van der Waals surface area contributed by atoms with Crippen LogP contribution in [-0.4, -0.2) is 71.5 Å². The zero-order valence-electron chi connectivity index (χ0n) is 27.7. The third-order valence-electron chi connectivity index (χ3n) is 8.52. The summed E-state index contributed by atoms with van der Waals surface area (Å²) in [7, 11) is 0. The van der Waals surface area contributed by atoms with Gasteiger partial charge in [0.05, 0.1) is 35.5 Å². The van der Waals surface area contributed by atoms with Crippen molar-refractivity contribution in [2.75, 3.05) is 39.4 Å². The highest BCUT2D eigenvalue weighted by molar-refractivity contribution is 6.32. The number of aliphatic hydroxyl groups is 2. The number of nitriles is 1. The number of pyridine rings is 1. The maximum atomic E-state index is 12.9. The highest BCUT2D eigenvalue weighted by Gasteiger charge is 2.20. The quantitative estimate of drug-likeness (QED) is 0.137. The second-order valence-corrected chi connectivity index (χ2v) is 12.4. The Hall–Kier alpha value is -4.66. The summed E-state index contributed by atoms with van der Waals surface area (Å²) in [5.74, 6) is 0.947. The summed E-state index contributed by atoms with van der Waals surface area (Å²) in [6.07, 6.45) is 4.55. The van der Waals surface area contributed by atoms with Gasteiger partial charge in [0.1, 0.15) is 36.5 Å². The second-order valence-electron chi connectivity index (χ2n) is 12.0. The molecule has 0 radical (unpaired) electrons. The Morgan fingerprint density at radius 3 is 2.55 bits per heavy atom. The maximum absolute atomic E-state index is 12.9. The van der Waals surface area contributed by atoms with Gasteiger partial charge in [0.25, 0.3) is 5.91 Å². The summed E-state index contributed by atoms with van der Waals surface area (Å²) < 4.78 is 18.4. The number of hydrogen-bond donors (Lipinski definition) is 3. The lowest BCUT2D eigenvalue weighted by Crippen LogP contribution is -2.27. The van der Waals surface area contributed by atoms with E-state index < -0.39 is 5.91 Å². The van der Waals surface area contributed by atoms with Gasteiger partial charge in [-0.05, 0) is 72.7 Å². The van der Waals surface area contributed by atoms with Crippen LogP contribution in [0.4, 0.5) is 0 Å². The molecule has 1 fully saturated rings. The van der Waals surface area contributed by atoms with E-state index in [0.717, 1.165) is 66.0 Å². The number of hydrogen-bond acceptors (Lipinski definition) is 9. The number of benzene rings is 3. The molecule has 4 aromatic rings. The van der Waals surface area contributed by atoms with Crippen molar-refractivity contribution in [3.05, 3.63) is 105 Å². The Balaban J connectivity index is 1.30. The maximum Gasteiger partial charge on any atom is 0.255 e. The zero-order chi connectivity index (χ0) is 34.8. The van der Waals surface area contributed by atoms with E-state index in [4.69, 9.17) is 25.8 Å². The molecule has 10 nitrogen and oxygen atoms in total. The van der Waals surface area contributed by atoms with E-state index in [1.165, 1.54) is 12.3 Å². The van der Waals surface area contributed by atoms with E-state index in [-0.39, 0.29) is 48.8 Å². The summed E-state index contributed by atoms with van der Waals surface area (Å²) in [6, 6.07) is 18.9. The normalized spacial score (nSPS) is 14.3. The standard InChI is InChI=1S/C38H41ClN4O6/c1-25-29(6-3-7-31(25)32-8-4-9-35(26(32)2)47-15-5-12-43-13-10-30(45)22-43)24-49-37-18-36(33(17-34(37)39)38(46)42-11-14-44)48-23-28-16-27(19-40)20-41-21-28/h3-4,6-9,16-18,20-21,30,44-45H,5,10-15,22-24H2,1-2H3,(H,42,46)/t30-/m1/s1. The molecule has 1 aliphatic heterocycles. The summed E-state index contributed by atoms with van der Waals surface area (Å²) in [6.45, 7) is 7.40. The van der Waals surface area contributed by atoms with Gasteiger partial charge in [0.2, 0.25) is 0 Å². The number of amides is 1. The largest absolute Gasteiger partial charge is 0.493 e. The first kappa shape index (κ1) is 35.6. The Morgan fingerprint density at radius 2 is 1.80 bits per heavy atom. The molecule has 1 aromatic heterocycles. The number of β-amino-alcohol motifs (C(OH)–C–C–N with tert-alkyl or cyclic N) is 1. The summed E-state index contributed by atoms with van der Waals surface area (Å²) in [5.41, 5.74) is 6.42. The highest BCUT2D eigenvalue weighted by atomic mass is 35.5. The molecule has 1 atom stereocenters. The fourth-order valence-electron chi connectivity index (χ4n) is 5.83. The van der Waals surface area contributed by atoms with Gasteiger partial charge in [-0.25, -0.2) is 0 Å². The average molecular weight is 685 g/mol. The summed E-state index contributed by atoms with van der Waals surface area (Å²) in [4.78, 5) is 19.3. The lowest BCUT2D eigenvalue weighted by molar-refractivity contribution is 0.0940. The van der Waals surface area contributed by atoms with Crippen LogP contribution >= 0.6 is 11.6 Å². The number of likely N-dealkylation sites (tertiary alicyclic amines) is 1. The molecule has 0 spiro atoms. The van der Waals surface area contributed by atoms with E-state index >= 15 is 0 Å². The highest BCUT2D eigenvalue weighted by Crippen LogP contribution is 2.36. The molecule has 3 aromatic carbocycles. The number of aromatic nitrogens is 1. The lowest BCUT2D eigenvalue weighted by atomic mass is 9.93. The minimum Gasteiger partial charge on any atom is -0.493 e. The number of ether oxygens (including phenoxy) is 3. The van der Waals surface area contributed by atoms with E-state index in [0.29, 0.717) is 23.5 Å². The Bertz CT molecular complexity index is 1810. The Labute approximate surface area is 291 Å². The van der Waals surface area contributed by atoms with Crippen molar-refractivity contribution in [3.8, 4) is 34.4 Å². The first-order valence-corrected chi connectivity index (χ1v) is 16.7. The van der Waals surface area contributed by atoms with Gasteiger partial charge in [-0.15, -0.1) is 0 Å². The van der Waals surface area contributed by atoms with Crippen molar-refractivity contribution >= 4 is 17.5 Å². The molecule has 11 heteroatoms. The molecule has 256 valence electrons. The second kappa shape index (κ2) is 17.1. The van der Waals surface area contributed by atoms with Crippen LogP contribution in [0.15, 0.2) is 67.0 Å². The molecule has 0 bridgehead atoms. The van der Waals surface area contributed by atoms with Crippen molar-refractivity contribution in [1.82, 2.24) is 15.2 Å². The first-order chi connectivity index (χ1) is 23.8. The van der Waals surface area contributed by atoms with Gasteiger partial charge in [-0.1, -0.05) is 41.9 Å². The van der Waals surface area contributed by atoms with E-state index in [2.05, 4.69) is 47.3 Å². The van der Waals surface area contributed by atoms with Crippen molar-refractivity contribution in [3.63, 3.8) is 0 Å². The van der Waals surface area contributed by atoms with Gasteiger partial charge >= 0.3 is 0 Å². The number of carbonyl (C=O) groups excluding carboxylic acids is 1. The first-order valence-electron chi connectivity index (χ1n) is 16.3. The number of carbonyl (C=O) groups is 1. The van der Waals surface area contributed by atoms with Crippen molar-refractivity contribution in [2.24, 2.45) is 0 Å². The average Bonchev–Trinajstić information content (AvgIpc) is 3.53. The third-order valence-corrected chi connectivity index (χ3v) is 8.82. The van der Waals surface area contributed by atoms with Crippen LogP contribution in [0.25, 0.3) is 11.1 Å². The van der Waals surface area contributed by atoms with Gasteiger partial charge < -0.3 is 34.6 Å². The van der Waals surface area contributed by atoms with Gasteiger partial charge in [0, 0.05) is 50.2 Å². The minimum atomic E-state index is -0.460. The van der Waals surface area contributed by atoms with E-state index in [1.54, 1.807) is 18.3 Å². The molecule has 2 heterocycles. The van der Waals surface area contributed by atoms with Gasteiger partial charge in [0.15, 0.2) is 0 Å². The van der Waals surface area contributed by atoms with Crippen LogP contribution in [0.1, 0.15) is 51.0 Å². The fourth-order valence-corrected chi connectivity index (χ4v) is 6.05. The van der Waals surface area contributed by atoms with Crippen LogP contribution in [-0.2, 0) is 13.2 Å². The SMILES string of the molecule is Cc1c(COc2cc(OCc3cncc(C#N)c3)c(C(=O)NCCO)cc2Cl)cccc1-c1cccc(OCCCN2CC[C@@H](O)C2)c1C. The molecule has 0 unspecified atom stereocenters. The molecule has 5 rings (SSSR count). The van der Waals surface area contributed by atoms with Gasteiger partial charge in [-0.3, -0.25) is 9.78 Å². The fraction of sp³-hybridized carbons (Fsp3) is 0.342. The molecular weight excluding hydrogens is 644 g/mol. The third kappa shape index (κ3) is 9.28. The predicted molar refractivity (Wildman–Crippen MR) is 187 cm³/mol. The van der Waals surface area contributed by atoms with Crippen LogP contribution < -0.4 is 19.5 Å². The van der Waals surface area contributed by atoms with Crippen molar-refractivity contribution < 1.29 is 29.2 Å². The molecular formula is C38H41ClN4O6. The molecule has 0 saturated carbocycles. The number of halogens is 1. The van der Waals surface area contributed by atoms with Crippen LogP contribution in [0.3, 0.4) is 0 Å². The molecule has 1 saturated heterocycles. The summed E-state index contributed by atoms with van der Waals surface area (Å²) in [5, 5.41) is 31.0. The monoisotopic (exact) mass is 684 g/mol. The smallest absolute Gasteiger partial charge is 0.255 e. The van der Waals surface area contributed by atoms with Crippen LogP contribution in [0.5, 0.6) is 17.2 Å². The Morgan fingerprint density at radius 1 is 1.02 bits per heavy atom. The van der Waals surface area contributed by atoms with Crippen LogP contribution in [0, 0.1) is 25.2 Å². The molecule has 1 amide bonds. The number of nitrogens with zero attached hydrogens (tertiary/aromatic N) is 3. The molecule has 49 heavy (non-hydrogen) atoms. The molecule has 1 aliphatic rings. The number of rotatable bonds is 15. The molecule has 0 aliphatic carbocycles. The number of aliphatic hydroxyl groups excluding tert-OH is 2. The topological polar surface area (TPSA) is 137 Å². The lowest BCUT2D eigenvalue weighted by Gasteiger charge is -2.18. The van der Waals surface area contributed by atoms with Crippen molar-refractivity contribution in [2.45, 2.75) is 46.0 Å². The number of nitrogens with one attached hydrogen (secondary N) is 1. The molecule has 3 N–H and O–H groups in total. The minimum absolute atomic E-state index is 0.0513. The zero-order valence-corrected chi connectivity index (χ0v) is 28.5. The van der Waals surface area contributed by atoms with E-state index in [1.807, 2.05) is 24.3 Å².